The van der Waals surface area contributed by atoms with Crippen LogP contribution in [0.25, 0.3) is 0 Å². The van der Waals surface area contributed by atoms with Crippen molar-refractivity contribution in [3.05, 3.63) is 7.11 Å². The molecule has 1 N–H and O–H groups in total. The Bertz CT molecular complexity index is 17.6. The quantitative estimate of drug-likeness (QED) is 0.321. The zero-order valence-electron chi connectivity index (χ0n) is 3.73. The smallest absolute Gasteiger partial charge is 0.123 e. The van der Waals surface area contributed by atoms with Crippen molar-refractivity contribution in [1.82, 2.24) is 0 Å². The first-order valence-corrected chi connectivity index (χ1v) is 1.73. The molecule has 0 unspecified atom stereocenters. The van der Waals surface area contributed by atoms with Crippen LogP contribution in [0.1, 0.15) is 13.8 Å². The Labute approximate surface area is 32.9 Å². The Hall–Kier alpha value is -0.0400. The Morgan fingerprint density at radius 2 is 1.80 bits per heavy atom. The van der Waals surface area contributed by atoms with E-state index < -0.39 is 0 Å². The highest BCUT2D eigenvalue weighted by Crippen LogP contribution is 1.75. The van der Waals surface area contributed by atoms with Gasteiger partial charge in [0.05, 0.1) is 0 Å². The van der Waals surface area contributed by atoms with E-state index in [-0.39, 0.29) is 0 Å². The highest BCUT2D eigenvalue weighted by Gasteiger charge is 1.79. The van der Waals surface area contributed by atoms with Crippen LogP contribution in [-0.2, 0) is 0 Å². The lowest BCUT2D eigenvalue weighted by Gasteiger charge is -1.99. The average Bonchev–Trinajstić information content (AvgIpc) is 1.38. The van der Waals surface area contributed by atoms with Crippen LogP contribution in [0.5, 0.6) is 0 Å². The summed E-state index contributed by atoms with van der Waals surface area (Å²) in [4.78, 5) is 0. The molecule has 0 aromatic rings. The molecule has 0 fully saturated rings. The molecule has 0 aliphatic heterocycles. The van der Waals surface area contributed by atoms with Crippen molar-refractivity contribution in [1.29, 1.82) is 0 Å². The minimum atomic E-state index is 0.398. The molecule has 0 rings (SSSR count). The number of ether oxygens (including phenoxy) is 1. The molecule has 0 aliphatic carbocycles. The van der Waals surface area contributed by atoms with Crippen molar-refractivity contribution < 1.29 is 4.74 Å². The Balaban J connectivity index is 2.54. The van der Waals surface area contributed by atoms with Gasteiger partial charge < -0.3 is 4.74 Å². The second kappa shape index (κ2) is 2.21. The SMILES string of the molecule is [CH2-][OH+]C(C)C. The van der Waals surface area contributed by atoms with E-state index >= 15 is 0 Å². The minimum absolute atomic E-state index is 0.398. The number of aliphatic hydroxyl groups is 2. The van der Waals surface area contributed by atoms with E-state index in [9.17, 15) is 0 Å². The van der Waals surface area contributed by atoms with E-state index in [1.807, 2.05) is 13.8 Å². The zero-order chi connectivity index (χ0) is 4.28. The topological polar surface area (TPSA) is 12.8 Å². The van der Waals surface area contributed by atoms with Gasteiger partial charge >= 0.3 is 0 Å². The minimum Gasteiger partial charge on any atom is -0.580 e. The van der Waals surface area contributed by atoms with Crippen LogP contribution in [0.3, 0.4) is 0 Å². The molecule has 0 bridgehead atoms. The van der Waals surface area contributed by atoms with Crippen LogP contribution in [0.2, 0.25) is 0 Å². The fourth-order valence-corrected chi connectivity index (χ4v) is 0. The zero-order valence-corrected chi connectivity index (χ0v) is 3.73. The van der Waals surface area contributed by atoms with E-state index in [1.165, 1.54) is 0 Å². The predicted molar refractivity (Wildman–Crippen MR) is 22.7 cm³/mol. The standard InChI is InChI=1S/C4H10O/c1-4(2)5-3/h4-5H,3H2,1-2H3. The molecule has 0 aliphatic rings. The van der Waals surface area contributed by atoms with E-state index in [0.717, 1.165) is 0 Å². The molecule has 5 heavy (non-hydrogen) atoms. The van der Waals surface area contributed by atoms with Crippen molar-refractivity contribution >= 4 is 0 Å². The molecular formula is C4H10O. The maximum atomic E-state index is 3.64. The molecule has 0 spiro atoms. The summed E-state index contributed by atoms with van der Waals surface area (Å²) in [6.07, 6.45) is 0.398. The van der Waals surface area contributed by atoms with Crippen LogP contribution in [0.15, 0.2) is 0 Å². The Kier molecular flexibility index (Phi) is 2.19. The van der Waals surface area contributed by atoms with Gasteiger partial charge in [0.15, 0.2) is 0 Å². The Morgan fingerprint density at radius 3 is 1.80 bits per heavy atom. The molecule has 0 aromatic carbocycles. The summed E-state index contributed by atoms with van der Waals surface area (Å²) in [6.45, 7) is 3.99. The van der Waals surface area contributed by atoms with E-state index in [1.54, 1.807) is 0 Å². The Morgan fingerprint density at radius 1 is 1.60 bits per heavy atom. The number of hydrogen-bond donors (Lipinski definition) is 0. The van der Waals surface area contributed by atoms with Gasteiger partial charge in [-0.2, -0.15) is 0 Å². The average molecular weight is 74.1 g/mol. The normalized spacial score (nSPS) is 9.60. The van der Waals surface area contributed by atoms with Crippen molar-refractivity contribution in [2.24, 2.45) is 0 Å². The van der Waals surface area contributed by atoms with Crippen LogP contribution in [0.4, 0.5) is 0 Å². The van der Waals surface area contributed by atoms with Gasteiger partial charge in [0.25, 0.3) is 0 Å². The van der Waals surface area contributed by atoms with Crippen LogP contribution >= 0.6 is 0 Å². The first-order valence-electron chi connectivity index (χ1n) is 1.73. The van der Waals surface area contributed by atoms with Gasteiger partial charge in [-0.1, -0.05) is 7.11 Å². The molecule has 0 saturated heterocycles. The summed E-state index contributed by atoms with van der Waals surface area (Å²) in [5.74, 6) is 0. The van der Waals surface area contributed by atoms with Crippen molar-refractivity contribution in [3.8, 4) is 0 Å². The van der Waals surface area contributed by atoms with Gasteiger partial charge in [0, 0.05) is 13.8 Å². The first-order chi connectivity index (χ1) is 2.27. The molecule has 1 heteroatoms. The van der Waals surface area contributed by atoms with E-state index in [4.69, 9.17) is 0 Å². The third-order valence-electron chi connectivity index (χ3n) is 0.365. The molecule has 0 saturated carbocycles. The van der Waals surface area contributed by atoms with Crippen LogP contribution < -0.4 is 0 Å². The van der Waals surface area contributed by atoms with Crippen molar-refractivity contribution in [2.75, 3.05) is 0 Å². The van der Waals surface area contributed by atoms with Gasteiger partial charge in [-0.15, -0.1) is 0 Å². The lowest BCUT2D eigenvalue weighted by Crippen LogP contribution is -1.98. The summed E-state index contributed by atoms with van der Waals surface area (Å²) < 4.78 is 3.64. The summed E-state index contributed by atoms with van der Waals surface area (Å²) in [5.41, 5.74) is 0. The maximum absolute atomic E-state index is 3.64. The lowest BCUT2D eigenvalue weighted by atomic mass is 10.5. The number of rotatable bonds is 1. The third kappa shape index (κ3) is 3.96. The molecule has 0 heterocycles. The second-order valence-electron chi connectivity index (χ2n) is 1.28. The summed E-state index contributed by atoms with van der Waals surface area (Å²) in [6, 6.07) is 0. The van der Waals surface area contributed by atoms with Gasteiger partial charge in [0.2, 0.25) is 0 Å². The second-order valence-corrected chi connectivity index (χ2v) is 1.28. The molecule has 0 atom stereocenters. The first kappa shape index (κ1) is 4.96. The molecule has 32 valence electrons. The summed E-state index contributed by atoms with van der Waals surface area (Å²) in [7, 11) is 3.31. The van der Waals surface area contributed by atoms with Gasteiger partial charge in [-0.3, -0.25) is 0 Å². The van der Waals surface area contributed by atoms with E-state index in [2.05, 4.69) is 11.8 Å². The molecule has 0 amide bonds. The third-order valence-corrected chi connectivity index (χ3v) is 0.365. The van der Waals surface area contributed by atoms with Gasteiger partial charge in [-0.05, 0) is 0 Å². The molecule has 0 aromatic heterocycles. The van der Waals surface area contributed by atoms with Crippen molar-refractivity contribution in [3.63, 3.8) is 0 Å². The maximum Gasteiger partial charge on any atom is 0.123 e. The molecular weight excluding hydrogens is 64.0 g/mol. The predicted octanol–water partition coefficient (Wildman–Crippen LogP) is 0.714. The number of hydrogen-bond acceptors (Lipinski definition) is 0. The molecule has 0 radical (unpaired) electrons. The summed E-state index contributed by atoms with van der Waals surface area (Å²) in [5, 5.41) is 0. The highest BCUT2D eigenvalue weighted by atomic mass is 16.5. The van der Waals surface area contributed by atoms with Gasteiger partial charge in [-0.25, -0.2) is 0 Å². The van der Waals surface area contributed by atoms with Crippen molar-refractivity contribution in [2.45, 2.75) is 20.0 Å². The fraction of sp³-hybridized carbons (Fsp3) is 0.750. The molecule has 1 nitrogen and oxygen atoms in total. The largest absolute Gasteiger partial charge is 0.580 e. The van der Waals surface area contributed by atoms with Crippen LogP contribution in [0, 0.1) is 7.11 Å². The van der Waals surface area contributed by atoms with Gasteiger partial charge in [0.1, 0.15) is 6.10 Å². The monoisotopic (exact) mass is 74.1 g/mol. The highest BCUT2D eigenvalue weighted by molar-refractivity contribution is 4.27. The summed E-state index contributed by atoms with van der Waals surface area (Å²) >= 11 is 0. The fourth-order valence-electron chi connectivity index (χ4n) is 0. The van der Waals surface area contributed by atoms with Crippen LogP contribution in [-0.4, -0.2) is 10.8 Å². The van der Waals surface area contributed by atoms with E-state index in [0.29, 0.717) is 6.10 Å². The lowest BCUT2D eigenvalue weighted by molar-refractivity contribution is -0.000822.